The summed E-state index contributed by atoms with van der Waals surface area (Å²) in [5, 5.41) is 11.8. The lowest BCUT2D eigenvalue weighted by atomic mass is 10.00. The van der Waals surface area contributed by atoms with Crippen LogP contribution in [-0.2, 0) is 0 Å². The highest BCUT2D eigenvalue weighted by Crippen LogP contribution is 2.48. The van der Waals surface area contributed by atoms with Crippen molar-refractivity contribution in [2.24, 2.45) is 0 Å². The molecule has 0 spiro atoms. The standard InChI is InChI=1S/C56H40N4O2/c1-3-13-37(14-4-1)55-57-47-21-7-9-23-49(47)59(55)39-29-25-35(26-30-39)41-17-11-19-43-45-33-46-44-20-12-18-42(54(44)62-52(46)34-51(45)61-53(41)43)36-27-31-40(32-28-36)60-50-24-10-8-22-48(50)58-56(60)38-15-5-2-6-16-38/h1,3-5,7-34,55-58H,2,6H2. The van der Waals surface area contributed by atoms with E-state index in [2.05, 4.69) is 215 Å². The molecule has 0 bridgehead atoms. The summed E-state index contributed by atoms with van der Waals surface area (Å²) in [5.74, 6) is 0. The van der Waals surface area contributed by atoms with E-state index in [0.717, 1.165) is 107 Å². The normalized spacial score (nSPS) is 16.8. The van der Waals surface area contributed by atoms with Gasteiger partial charge in [0.05, 0.1) is 22.7 Å². The summed E-state index contributed by atoms with van der Waals surface area (Å²) in [6.07, 6.45) is 9.10. The number of fused-ring (bicyclic) bond motifs is 8. The van der Waals surface area contributed by atoms with E-state index in [-0.39, 0.29) is 12.3 Å². The average molecular weight is 801 g/mol. The lowest BCUT2D eigenvalue weighted by Crippen LogP contribution is -2.33. The van der Waals surface area contributed by atoms with Gasteiger partial charge in [0.2, 0.25) is 0 Å². The summed E-state index contributed by atoms with van der Waals surface area (Å²) in [6.45, 7) is 0. The molecule has 4 heterocycles. The number of para-hydroxylation sites is 6. The van der Waals surface area contributed by atoms with E-state index in [1.54, 1.807) is 0 Å². The number of hydrogen-bond acceptors (Lipinski definition) is 6. The lowest BCUT2D eigenvalue weighted by molar-refractivity contribution is 0.657. The monoisotopic (exact) mass is 800 g/mol. The van der Waals surface area contributed by atoms with Crippen LogP contribution < -0.4 is 20.4 Å². The molecule has 6 heteroatoms. The molecule has 2 aromatic heterocycles. The maximum Gasteiger partial charge on any atom is 0.143 e. The predicted molar refractivity (Wildman–Crippen MR) is 256 cm³/mol. The molecule has 1 aliphatic carbocycles. The summed E-state index contributed by atoms with van der Waals surface area (Å²) in [4.78, 5) is 4.79. The molecule has 0 fully saturated rings. The van der Waals surface area contributed by atoms with Crippen molar-refractivity contribution in [3.8, 4) is 22.3 Å². The van der Waals surface area contributed by atoms with Gasteiger partial charge in [-0.1, -0.05) is 133 Å². The quantitative estimate of drug-likeness (QED) is 0.175. The number of anilines is 6. The maximum atomic E-state index is 6.75. The third-order valence-corrected chi connectivity index (χ3v) is 12.9. The molecule has 0 saturated heterocycles. The fraction of sp³-hybridized carbons (Fsp3) is 0.0714. The topological polar surface area (TPSA) is 56.8 Å². The van der Waals surface area contributed by atoms with Crippen molar-refractivity contribution in [2.45, 2.75) is 25.2 Å². The second kappa shape index (κ2) is 13.8. The van der Waals surface area contributed by atoms with E-state index >= 15 is 0 Å². The van der Waals surface area contributed by atoms with Gasteiger partial charge in [0.1, 0.15) is 34.7 Å². The van der Waals surface area contributed by atoms with Gasteiger partial charge in [0.25, 0.3) is 0 Å². The van der Waals surface area contributed by atoms with Crippen LogP contribution in [-0.4, -0.2) is 6.17 Å². The largest absolute Gasteiger partial charge is 0.455 e. The SMILES string of the molecule is C1=CC(C2Nc3ccccc3N2c2ccc(-c3cccc4c3oc3cc5oc6c(-c7ccc(N8c9ccccc9NC8c8ccccc8)cc7)cccc6c5cc34)cc2)=CCC1. The Bertz CT molecular complexity index is 3430. The van der Waals surface area contributed by atoms with Crippen molar-refractivity contribution in [2.75, 3.05) is 20.4 Å². The molecule has 2 aliphatic heterocycles. The predicted octanol–water partition coefficient (Wildman–Crippen LogP) is 15.2. The van der Waals surface area contributed by atoms with Crippen molar-refractivity contribution in [3.05, 3.63) is 205 Å². The van der Waals surface area contributed by atoms with E-state index in [1.165, 1.54) is 16.8 Å². The van der Waals surface area contributed by atoms with Gasteiger partial charge in [-0.15, -0.1) is 0 Å². The number of nitrogens with zero attached hydrogens (tertiary/aromatic N) is 2. The second-order valence-electron chi connectivity index (χ2n) is 16.5. The molecular formula is C56H40N4O2. The van der Waals surface area contributed by atoms with E-state index in [0.29, 0.717) is 0 Å². The molecule has 8 aromatic carbocycles. The average Bonchev–Trinajstić information content (AvgIpc) is 4.12. The van der Waals surface area contributed by atoms with Crippen LogP contribution in [0.2, 0.25) is 0 Å². The van der Waals surface area contributed by atoms with Gasteiger partial charge in [-0.3, -0.25) is 0 Å². The van der Waals surface area contributed by atoms with Gasteiger partial charge in [0.15, 0.2) is 0 Å². The number of hydrogen-bond donors (Lipinski definition) is 2. The molecule has 2 N–H and O–H groups in total. The van der Waals surface area contributed by atoms with Crippen molar-refractivity contribution >= 4 is 78.0 Å². The lowest BCUT2D eigenvalue weighted by Gasteiger charge is -2.29. The first-order valence-electron chi connectivity index (χ1n) is 21.5. The first-order chi connectivity index (χ1) is 30.7. The Morgan fingerprint density at radius 1 is 0.452 bits per heavy atom. The molecule has 3 aliphatic rings. The van der Waals surface area contributed by atoms with Crippen molar-refractivity contribution < 1.29 is 8.83 Å². The zero-order chi connectivity index (χ0) is 40.7. The molecule has 2 atom stereocenters. The number of benzene rings is 8. The molecule has 296 valence electrons. The van der Waals surface area contributed by atoms with E-state index in [1.807, 2.05) is 0 Å². The van der Waals surface area contributed by atoms with Gasteiger partial charge < -0.3 is 29.3 Å². The fourth-order valence-corrected chi connectivity index (χ4v) is 9.97. The molecule has 10 aromatic rings. The molecule has 0 radical (unpaired) electrons. The van der Waals surface area contributed by atoms with Crippen LogP contribution in [0.25, 0.3) is 66.1 Å². The Balaban J connectivity index is 0.842. The van der Waals surface area contributed by atoms with Crippen molar-refractivity contribution in [1.82, 2.24) is 0 Å². The third kappa shape index (κ3) is 5.43. The number of rotatable bonds is 6. The highest BCUT2D eigenvalue weighted by Gasteiger charge is 2.33. The zero-order valence-corrected chi connectivity index (χ0v) is 33.8. The molecular weight excluding hydrogens is 761 g/mol. The summed E-state index contributed by atoms with van der Waals surface area (Å²) < 4.78 is 13.5. The Morgan fingerprint density at radius 2 is 0.984 bits per heavy atom. The summed E-state index contributed by atoms with van der Waals surface area (Å²) in [6, 6.07) is 62.7. The third-order valence-electron chi connectivity index (χ3n) is 12.9. The van der Waals surface area contributed by atoms with Crippen molar-refractivity contribution in [1.29, 1.82) is 0 Å². The first-order valence-corrected chi connectivity index (χ1v) is 21.5. The second-order valence-corrected chi connectivity index (χ2v) is 16.5. The first kappa shape index (κ1) is 34.9. The fourth-order valence-electron chi connectivity index (χ4n) is 9.97. The van der Waals surface area contributed by atoms with Crippen molar-refractivity contribution in [3.63, 3.8) is 0 Å². The highest BCUT2D eigenvalue weighted by atomic mass is 16.3. The molecule has 0 saturated carbocycles. The van der Waals surface area contributed by atoms with E-state index in [4.69, 9.17) is 8.83 Å². The van der Waals surface area contributed by atoms with Crippen LogP contribution in [0.3, 0.4) is 0 Å². The Kier molecular flexibility index (Phi) is 7.76. The summed E-state index contributed by atoms with van der Waals surface area (Å²) in [7, 11) is 0. The summed E-state index contributed by atoms with van der Waals surface area (Å²) in [5.41, 5.74) is 17.1. The number of allylic oxidation sites excluding steroid dienone is 2. The number of furan rings is 2. The van der Waals surface area contributed by atoms with Gasteiger partial charge in [-0.25, -0.2) is 0 Å². The van der Waals surface area contributed by atoms with Crippen LogP contribution in [0, 0.1) is 0 Å². The minimum Gasteiger partial charge on any atom is -0.455 e. The Labute approximate surface area is 358 Å². The van der Waals surface area contributed by atoms with Crippen LogP contribution in [0.5, 0.6) is 0 Å². The van der Waals surface area contributed by atoms with Crippen LogP contribution in [0.15, 0.2) is 209 Å². The highest BCUT2D eigenvalue weighted by molar-refractivity contribution is 6.18. The zero-order valence-electron chi connectivity index (χ0n) is 33.8. The molecule has 6 nitrogen and oxygen atoms in total. The maximum absolute atomic E-state index is 6.75. The molecule has 13 rings (SSSR count). The number of nitrogens with one attached hydrogen (secondary N) is 2. The van der Waals surface area contributed by atoms with E-state index < -0.39 is 0 Å². The van der Waals surface area contributed by atoms with Gasteiger partial charge >= 0.3 is 0 Å². The molecule has 0 amide bonds. The van der Waals surface area contributed by atoms with Gasteiger partial charge in [0, 0.05) is 50.1 Å². The van der Waals surface area contributed by atoms with Gasteiger partial charge in [-0.2, -0.15) is 0 Å². The van der Waals surface area contributed by atoms with Gasteiger partial charge in [-0.05, 0) is 89.7 Å². The summed E-state index contributed by atoms with van der Waals surface area (Å²) >= 11 is 0. The Hall–Kier alpha value is -7.96. The van der Waals surface area contributed by atoms with Crippen LogP contribution in [0.4, 0.5) is 34.1 Å². The van der Waals surface area contributed by atoms with E-state index in [9.17, 15) is 0 Å². The van der Waals surface area contributed by atoms with Crippen LogP contribution in [0.1, 0.15) is 24.6 Å². The molecule has 2 unspecified atom stereocenters. The molecule has 62 heavy (non-hydrogen) atoms. The minimum absolute atomic E-state index is 0.00409. The smallest absolute Gasteiger partial charge is 0.143 e. The Morgan fingerprint density at radius 3 is 1.55 bits per heavy atom. The van der Waals surface area contributed by atoms with Crippen LogP contribution >= 0.6 is 0 Å². The minimum atomic E-state index is -0.00409.